The number of hydrogen-bond donors (Lipinski definition) is 2. The van der Waals surface area contributed by atoms with E-state index in [4.69, 9.17) is 0 Å². The molecular weight excluding hydrogens is 528 g/mol. The van der Waals surface area contributed by atoms with Gasteiger partial charge in [-0.2, -0.15) is 9.40 Å². The van der Waals surface area contributed by atoms with Crippen LogP contribution in [0.2, 0.25) is 0 Å². The number of amides is 1. The number of fused-ring (bicyclic) bond motifs is 1. The van der Waals surface area contributed by atoms with Crippen molar-refractivity contribution in [3.8, 4) is 28.5 Å². The Bertz CT molecular complexity index is 1810. The molecule has 0 spiro atoms. The molecule has 1 aliphatic rings. The van der Waals surface area contributed by atoms with E-state index in [-0.39, 0.29) is 11.6 Å². The highest BCUT2D eigenvalue weighted by molar-refractivity contribution is 7.88. The van der Waals surface area contributed by atoms with E-state index in [1.807, 2.05) is 60.7 Å². The molecule has 5 aromatic rings. The molecule has 12 heteroatoms. The maximum atomic E-state index is 13.1. The molecule has 3 aromatic carbocycles. The molecule has 0 aliphatic carbocycles. The number of hydrogen-bond acceptors (Lipinski definition) is 7. The summed E-state index contributed by atoms with van der Waals surface area (Å²) in [6, 6.07) is 22.7. The van der Waals surface area contributed by atoms with Gasteiger partial charge < -0.3 is 5.32 Å². The third-order valence-corrected chi connectivity index (χ3v) is 8.20. The monoisotopic (exact) mass is 554 g/mol. The van der Waals surface area contributed by atoms with Gasteiger partial charge in [-0.3, -0.25) is 9.89 Å². The van der Waals surface area contributed by atoms with E-state index in [0.717, 1.165) is 27.9 Å². The van der Waals surface area contributed by atoms with Crippen LogP contribution in [0.25, 0.3) is 28.5 Å². The third-order valence-electron chi connectivity index (χ3n) is 6.95. The first-order chi connectivity index (χ1) is 19.3. The van der Waals surface area contributed by atoms with Gasteiger partial charge in [0.15, 0.2) is 17.3 Å². The summed E-state index contributed by atoms with van der Waals surface area (Å²) in [6.07, 6.45) is 1.77. The number of nitrogens with zero attached hydrogens (tertiary/aromatic N) is 6. The Morgan fingerprint density at radius 1 is 0.975 bits per heavy atom. The maximum Gasteiger partial charge on any atom is 0.278 e. The minimum absolute atomic E-state index is 0.206. The van der Waals surface area contributed by atoms with Crippen molar-refractivity contribution in [1.82, 2.24) is 34.5 Å². The van der Waals surface area contributed by atoms with Crippen molar-refractivity contribution < 1.29 is 13.2 Å². The summed E-state index contributed by atoms with van der Waals surface area (Å²) < 4.78 is 27.2. The Morgan fingerprint density at radius 3 is 2.50 bits per heavy atom. The minimum Gasteiger partial charge on any atom is -0.321 e. The van der Waals surface area contributed by atoms with Gasteiger partial charge >= 0.3 is 0 Å². The van der Waals surface area contributed by atoms with E-state index in [0.29, 0.717) is 42.5 Å². The van der Waals surface area contributed by atoms with Crippen LogP contribution in [0.4, 0.5) is 5.69 Å². The topological polar surface area (TPSA) is 139 Å². The summed E-state index contributed by atoms with van der Waals surface area (Å²) >= 11 is 0. The van der Waals surface area contributed by atoms with Gasteiger partial charge in [0, 0.05) is 29.9 Å². The van der Waals surface area contributed by atoms with Crippen LogP contribution in [0.1, 0.15) is 27.3 Å². The highest BCUT2D eigenvalue weighted by atomic mass is 32.2. The zero-order valence-electron chi connectivity index (χ0n) is 21.9. The van der Waals surface area contributed by atoms with E-state index < -0.39 is 10.0 Å². The van der Waals surface area contributed by atoms with Gasteiger partial charge in [0.05, 0.1) is 17.6 Å². The number of H-pyrrole nitrogens is 1. The molecule has 2 N–H and O–H groups in total. The van der Waals surface area contributed by atoms with Gasteiger partial charge in [-0.15, -0.1) is 5.10 Å². The van der Waals surface area contributed by atoms with Crippen LogP contribution in [0.15, 0.2) is 72.8 Å². The molecule has 202 valence electrons. The third kappa shape index (κ3) is 4.90. The number of rotatable bonds is 6. The fraction of sp³-hybridized carbons (Fsp3) is 0.179. The van der Waals surface area contributed by atoms with Crippen LogP contribution in [-0.4, -0.2) is 61.6 Å². The highest BCUT2D eigenvalue weighted by Crippen LogP contribution is 2.28. The molecule has 1 aliphatic heterocycles. The number of carbonyl (C=O) groups excluding carboxylic acids is 1. The number of benzene rings is 3. The van der Waals surface area contributed by atoms with Crippen molar-refractivity contribution >= 4 is 21.6 Å². The minimum atomic E-state index is -3.28. The number of nitrogens with one attached hydrogen (secondary N) is 2. The Labute approximate surface area is 230 Å². The summed E-state index contributed by atoms with van der Waals surface area (Å²) in [5.41, 5.74) is 5.85. The van der Waals surface area contributed by atoms with Crippen molar-refractivity contribution in [3.05, 3.63) is 95.3 Å². The smallest absolute Gasteiger partial charge is 0.278 e. The van der Waals surface area contributed by atoms with E-state index >= 15 is 0 Å². The van der Waals surface area contributed by atoms with Crippen LogP contribution in [0.3, 0.4) is 0 Å². The zero-order chi connectivity index (χ0) is 27.9. The van der Waals surface area contributed by atoms with Crippen LogP contribution in [-0.2, 0) is 23.0 Å². The number of carbonyl (C=O) groups is 1. The van der Waals surface area contributed by atoms with E-state index in [1.54, 1.807) is 23.7 Å². The van der Waals surface area contributed by atoms with Crippen molar-refractivity contribution in [1.29, 1.82) is 0 Å². The SMILES string of the molecule is Cc1c(C(=O)Nc2ccc(-c3nc(-c4ccccc4)n[nH]3)cc2)nnn1-c1cccc2c1CCN(S(C)(=O)=O)C2. The molecule has 6 rings (SSSR count). The van der Waals surface area contributed by atoms with E-state index in [1.165, 1.54) is 10.6 Å². The van der Waals surface area contributed by atoms with Crippen molar-refractivity contribution in [2.75, 3.05) is 18.1 Å². The molecule has 0 saturated heterocycles. The molecule has 0 bridgehead atoms. The lowest BCUT2D eigenvalue weighted by molar-refractivity contribution is 0.102. The molecule has 11 nitrogen and oxygen atoms in total. The molecular formula is C28H26N8O3S. The number of aromatic amines is 1. The Kier molecular flexibility index (Phi) is 6.48. The van der Waals surface area contributed by atoms with Gasteiger partial charge in [0.2, 0.25) is 10.0 Å². The van der Waals surface area contributed by atoms with Gasteiger partial charge in [0.25, 0.3) is 5.91 Å². The summed E-state index contributed by atoms with van der Waals surface area (Å²) in [6.45, 7) is 2.49. The molecule has 2 aromatic heterocycles. The number of anilines is 1. The lowest BCUT2D eigenvalue weighted by Crippen LogP contribution is -2.35. The summed E-state index contributed by atoms with van der Waals surface area (Å²) in [5, 5.41) is 18.6. The van der Waals surface area contributed by atoms with Crippen molar-refractivity contribution in [2.24, 2.45) is 0 Å². The van der Waals surface area contributed by atoms with Gasteiger partial charge in [-0.05, 0) is 54.8 Å². The Balaban J connectivity index is 1.18. The van der Waals surface area contributed by atoms with Gasteiger partial charge in [0.1, 0.15) is 0 Å². The number of aromatic nitrogens is 6. The molecule has 1 amide bonds. The fourth-order valence-corrected chi connectivity index (χ4v) is 5.62. The van der Waals surface area contributed by atoms with Crippen molar-refractivity contribution in [2.45, 2.75) is 19.9 Å². The molecule has 0 unspecified atom stereocenters. The van der Waals surface area contributed by atoms with E-state index in [2.05, 4.69) is 30.8 Å². The molecule has 0 atom stereocenters. The van der Waals surface area contributed by atoms with Gasteiger partial charge in [-0.1, -0.05) is 47.7 Å². The molecule has 0 fully saturated rings. The van der Waals surface area contributed by atoms with Crippen LogP contribution in [0.5, 0.6) is 0 Å². The maximum absolute atomic E-state index is 13.1. The molecule has 0 radical (unpaired) electrons. The second-order valence-electron chi connectivity index (χ2n) is 9.60. The Hall–Kier alpha value is -4.68. The fourth-order valence-electron chi connectivity index (χ4n) is 4.82. The summed E-state index contributed by atoms with van der Waals surface area (Å²) in [5.74, 6) is 0.857. The molecule has 0 saturated carbocycles. The largest absolute Gasteiger partial charge is 0.321 e. The normalized spacial score (nSPS) is 13.7. The van der Waals surface area contributed by atoms with Gasteiger partial charge in [-0.25, -0.2) is 18.1 Å². The Morgan fingerprint density at radius 2 is 1.75 bits per heavy atom. The predicted octanol–water partition coefficient (Wildman–Crippen LogP) is 3.60. The van der Waals surface area contributed by atoms with Crippen molar-refractivity contribution in [3.63, 3.8) is 0 Å². The second-order valence-corrected chi connectivity index (χ2v) is 11.6. The summed E-state index contributed by atoms with van der Waals surface area (Å²) in [4.78, 5) is 17.7. The quantitative estimate of drug-likeness (QED) is 0.327. The standard InChI is InChI=1S/C28H26N8O3S/c1-18-25(31-34-36(18)24-10-6-9-21-17-35(40(2,38)39)16-15-23(21)24)28(37)29-22-13-11-20(12-14-22)27-30-26(32-33-27)19-7-4-3-5-8-19/h3-14H,15-17H2,1-2H3,(H,29,37)(H,30,32,33). The second kappa shape index (κ2) is 10.1. The van der Waals surface area contributed by atoms with Crippen LogP contribution < -0.4 is 5.32 Å². The summed E-state index contributed by atoms with van der Waals surface area (Å²) in [7, 11) is -3.28. The predicted molar refractivity (Wildman–Crippen MR) is 150 cm³/mol. The first kappa shape index (κ1) is 25.6. The average Bonchev–Trinajstić information content (AvgIpc) is 3.60. The lowest BCUT2D eigenvalue weighted by atomic mass is 9.99. The molecule has 3 heterocycles. The zero-order valence-corrected chi connectivity index (χ0v) is 22.7. The van der Waals surface area contributed by atoms with E-state index in [9.17, 15) is 13.2 Å². The average molecular weight is 555 g/mol. The van der Waals surface area contributed by atoms with Crippen LogP contribution >= 0.6 is 0 Å². The first-order valence-electron chi connectivity index (χ1n) is 12.7. The van der Waals surface area contributed by atoms with Crippen LogP contribution in [0, 0.1) is 6.92 Å². The highest BCUT2D eigenvalue weighted by Gasteiger charge is 2.26. The lowest BCUT2D eigenvalue weighted by Gasteiger charge is -2.28. The number of sulfonamides is 1. The first-order valence-corrected chi connectivity index (χ1v) is 14.5. The molecule has 40 heavy (non-hydrogen) atoms.